The van der Waals surface area contributed by atoms with Gasteiger partial charge < -0.3 is 10.1 Å². The molecule has 31 heavy (non-hydrogen) atoms. The fourth-order valence-corrected chi connectivity index (χ4v) is 5.48. The first-order valence-corrected chi connectivity index (χ1v) is 12.7. The van der Waals surface area contributed by atoms with Gasteiger partial charge in [-0.05, 0) is 53.8 Å². The SMILES string of the molecule is Cc1ccc(C(C)(C)C)cc1SCC(=O)Nc1ccc(S(=O)(=O)N2CCOCC2)cc1. The maximum absolute atomic E-state index is 12.7. The van der Waals surface area contributed by atoms with Crippen molar-refractivity contribution >= 4 is 33.4 Å². The molecular formula is C23H30N2O4S2. The molecule has 1 heterocycles. The lowest BCUT2D eigenvalue weighted by molar-refractivity contribution is -0.113. The van der Waals surface area contributed by atoms with Crippen LogP contribution in [0.25, 0.3) is 0 Å². The van der Waals surface area contributed by atoms with Crippen LogP contribution in [0.2, 0.25) is 0 Å². The fraction of sp³-hybridized carbons (Fsp3) is 0.435. The first-order chi connectivity index (χ1) is 14.6. The number of benzene rings is 2. The summed E-state index contributed by atoms with van der Waals surface area (Å²) in [6.45, 7) is 10.1. The maximum Gasteiger partial charge on any atom is 0.243 e. The number of amides is 1. The van der Waals surface area contributed by atoms with Crippen LogP contribution in [0, 0.1) is 6.92 Å². The molecule has 6 nitrogen and oxygen atoms in total. The number of nitrogens with one attached hydrogen (secondary N) is 1. The van der Waals surface area contributed by atoms with E-state index in [1.165, 1.54) is 33.8 Å². The summed E-state index contributed by atoms with van der Waals surface area (Å²) in [6.07, 6.45) is 0. The summed E-state index contributed by atoms with van der Waals surface area (Å²) >= 11 is 1.50. The minimum absolute atomic E-state index is 0.0502. The van der Waals surface area contributed by atoms with Gasteiger partial charge in [-0.15, -0.1) is 11.8 Å². The number of hydrogen-bond donors (Lipinski definition) is 1. The molecule has 3 rings (SSSR count). The van der Waals surface area contributed by atoms with Gasteiger partial charge >= 0.3 is 0 Å². The summed E-state index contributed by atoms with van der Waals surface area (Å²) in [5.74, 6) is 0.150. The Bertz CT molecular complexity index is 1020. The lowest BCUT2D eigenvalue weighted by Crippen LogP contribution is -2.40. The van der Waals surface area contributed by atoms with Gasteiger partial charge in [0.05, 0.1) is 23.9 Å². The second kappa shape index (κ2) is 9.73. The molecule has 1 fully saturated rings. The van der Waals surface area contributed by atoms with Gasteiger partial charge in [0.15, 0.2) is 0 Å². The number of hydrogen-bond acceptors (Lipinski definition) is 5. The predicted octanol–water partition coefficient (Wildman–Crippen LogP) is 4.04. The number of carbonyl (C=O) groups is 1. The standard InChI is InChI=1S/C23H30N2O4S2/c1-17-5-6-18(23(2,3)4)15-21(17)30-16-22(26)24-19-7-9-20(10-8-19)31(27,28)25-11-13-29-14-12-25/h5-10,15H,11-14,16H2,1-4H3,(H,24,26). The number of anilines is 1. The molecule has 8 heteroatoms. The van der Waals surface area contributed by atoms with E-state index in [1.807, 2.05) is 6.92 Å². The summed E-state index contributed by atoms with van der Waals surface area (Å²) in [4.78, 5) is 13.7. The highest BCUT2D eigenvalue weighted by atomic mass is 32.2. The summed E-state index contributed by atoms with van der Waals surface area (Å²) in [5.41, 5.74) is 3.00. The van der Waals surface area contributed by atoms with Gasteiger partial charge in [0.25, 0.3) is 0 Å². The Morgan fingerprint density at radius 2 is 1.74 bits per heavy atom. The zero-order chi connectivity index (χ0) is 22.6. The van der Waals surface area contributed by atoms with Crippen molar-refractivity contribution in [2.45, 2.75) is 42.9 Å². The molecule has 0 aromatic heterocycles. The van der Waals surface area contributed by atoms with Gasteiger partial charge in [-0.1, -0.05) is 32.9 Å². The largest absolute Gasteiger partial charge is 0.379 e. The van der Waals surface area contributed by atoms with E-state index in [0.29, 0.717) is 32.0 Å². The van der Waals surface area contributed by atoms with Gasteiger partial charge in [-0.25, -0.2) is 8.42 Å². The van der Waals surface area contributed by atoms with Crippen molar-refractivity contribution in [1.29, 1.82) is 0 Å². The Morgan fingerprint density at radius 1 is 1.10 bits per heavy atom. The number of carbonyl (C=O) groups excluding carboxylic acids is 1. The van der Waals surface area contributed by atoms with Crippen LogP contribution in [0.5, 0.6) is 0 Å². The highest BCUT2D eigenvalue weighted by Crippen LogP contribution is 2.30. The van der Waals surface area contributed by atoms with Crippen molar-refractivity contribution in [2.75, 3.05) is 37.4 Å². The van der Waals surface area contributed by atoms with Gasteiger partial charge in [-0.2, -0.15) is 4.31 Å². The normalized spacial score (nSPS) is 15.6. The first-order valence-electron chi connectivity index (χ1n) is 10.3. The topological polar surface area (TPSA) is 75.7 Å². The van der Waals surface area contributed by atoms with Gasteiger partial charge in [-0.3, -0.25) is 4.79 Å². The van der Waals surface area contributed by atoms with Crippen molar-refractivity contribution in [2.24, 2.45) is 0 Å². The molecule has 2 aromatic carbocycles. The van der Waals surface area contributed by atoms with Crippen LogP contribution in [0.4, 0.5) is 5.69 Å². The third-order valence-corrected chi connectivity index (χ3v) is 8.23. The average molecular weight is 463 g/mol. The number of sulfonamides is 1. The van der Waals surface area contributed by atoms with Crippen LogP contribution in [-0.2, 0) is 25.0 Å². The fourth-order valence-electron chi connectivity index (χ4n) is 3.21. The molecule has 0 radical (unpaired) electrons. The lowest BCUT2D eigenvalue weighted by Gasteiger charge is -2.26. The van der Waals surface area contributed by atoms with E-state index in [1.54, 1.807) is 12.1 Å². The van der Waals surface area contributed by atoms with Crippen molar-refractivity contribution in [3.63, 3.8) is 0 Å². The smallest absolute Gasteiger partial charge is 0.243 e. The molecule has 2 aromatic rings. The van der Waals surface area contributed by atoms with E-state index in [9.17, 15) is 13.2 Å². The molecule has 1 aliphatic rings. The van der Waals surface area contributed by atoms with Crippen LogP contribution in [0.3, 0.4) is 0 Å². The number of nitrogens with zero attached hydrogens (tertiary/aromatic N) is 1. The van der Waals surface area contributed by atoms with Crippen molar-refractivity contribution in [3.8, 4) is 0 Å². The second-order valence-electron chi connectivity index (χ2n) is 8.61. The molecular weight excluding hydrogens is 432 g/mol. The molecule has 1 amide bonds. The molecule has 0 aliphatic carbocycles. The van der Waals surface area contributed by atoms with Crippen molar-refractivity contribution in [3.05, 3.63) is 53.6 Å². The number of ether oxygens (including phenoxy) is 1. The molecule has 0 atom stereocenters. The average Bonchev–Trinajstić information content (AvgIpc) is 2.73. The highest BCUT2D eigenvalue weighted by Gasteiger charge is 2.26. The van der Waals surface area contributed by atoms with Crippen LogP contribution in [0.1, 0.15) is 31.9 Å². The Hall–Kier alpha value is -1.87. The summed E-state index contributed by atoms with van der Waals surface area (Å²) in [5, 5.41) is 2.85. The minimum atomic E-state index is -3.54. The van der Waals surface area contributed by atoms with E-state index in [4.69, 9.17) is 4.74 Å². The zero-order valence-corrected chi connectivity index (χ0v) is 20.1. The van der Waals surface area contributed by atoms with E-state index >= 15 is 0 Å². The van der Waals surface area contributed by atoms with Crippen LogP contribution in [0.15, 0.2) is 52.3 Å². The minimum Gasteiger partial charge on any atom is -0.379 e. The van der Waals surface area contributed by atoms with E-state index in [0.717, 1.165) is 10.5 Å². The number of morpholine rings is 1. The van der Waals surface area contributed by atoms with Crippen LogP contribution < -0.4 is 5.32 Å². The third-order valence-electron chi connectivity index (χ3n) is 5.16. The third kappa shape index (κ3) is 6.10. The molecule has 1 N–H and O–H groups in total. The summed E-state index contributed by atoms with van der Waals surface area (Å²) in [7, 11) is -3.54. The molecule has 168 valence electrons. The number of thioether (sulfide) groups is 1. The van der Waals surface area contributed by atoms with E-state index in [2.05, 4.69) is 44.3 Å². The van der Waals surface area contributed by atoms with Crippen molar-refractivity contribution < 1.29 is 17.9 Å². The summed E-state index contributed by atoms with van der Waals surface area (Å²) < 4.78 is 32.0. The summed E-state index contributed by atoms with van der Waals surface area (Å²) in [6, 6.07) is 12.7. The quantitative estimate of drug-likeness (QED) is 0.656. The predicted molar refractivity (Wildman–Crippen MR) is 125 cm³/mol. The Balaban J connectivity index is 1.60. The van der Waals surface area contributed by atoms with Crippen LogP contribution >= 0.6 is 11.8 Å². The van der Waals surface area contributed by atoms with Crippen LogP contribution in [-0.4, -0.2) is 50.7 Å². The first kappa shape index (κ1) is 23.8. The van der Waals surface area contributed by atoms with Gasteiger partial charge in [0.2, 0.25) is 15.9 Å². The Labute approximate surface area is 189 Å². The van der Waals surface area contributed by atoms with Crippen molar-refractivity contribution in [1.82, 2.24) is 4.31 Å². The van der Waals surface area contributed by atoms with E-state index in [-0.39, 0.29) is 22.0 Å². The van der Waals surface area contributed by atoms with Gasteiger partial charge in [0, 0.05) is 23.7 Å². The molecule has 1 aliphatic heterocycles. The monoisotopic (exact) mass is 462 g/mol. The molecule has 0 unspecified atom stereocenters. The second-order valence-corrected chi connectivity index (χ2v) is 11.6. The highest BCUT2D eigenvalue weighted by molar-refractivity contribution is 8.00. The Kier molecular flexibility index (Phi) is 7.47. The Morgan fingerprint density at radius 3 is 2.35 bits per heavy atom. The molecule has 1 saturated heterocycles. The van der Waals surface area contributed by atoms with E-state index < -0.39 is 10.0 Å². The molecule has 0 saturated carbocycles. The molecule has 0 bridgehead atoms. The maximum atomic E-state index is 12.7. The zero-order valence-electron chi connectivity index (χ0n) is 18.5. The van der Waals surface area contributed by atoms with Gasteiger partial charge in [0.1, 0.15) is 0 Å². The number of aryl methyl sites for hydroxylation is 1. The lowest BCUT2D eigenvalue weighted by atomic mass is 9.87. The number of rotatable bonds is 6. The molecule has 0 spiro atoms.